The van der Waals surface area contributed by atoms with Crippen LogP contribution in [0.3, 0.4) is 0 Å². The third-order valence-electron chi connectivity index (χ3n) is 3.48. The first-order valence-electron chi connectivity index (χ1n) is 6.99. The lowest BCUT2D eigenvalue weighted by Gasteiger charge is -1.97. The number of benzene rings is 2. The van der Waals surface area contributed by atoms with Gasteiger partial charge in [-0.1, -0.05) is 18.2 Å². The SMILES string of the molecule is Cc1ccc2nc(/C(C#N)=C\c3ccc(C(=O)O)cc3)[nH]c2c1. The van der Waals surface area contributed by atoms with Crippen molar-refractivity contribution < 1.29 is 9.90 Å². The van der Waals surface area contributed by atoms with Crippen molar-refractivity contribution >= 4 is 28.7 Å². The van der Waals surface area contributed by atoms with Gasteiger partial charge < -0.3 is 10.1 Å². The summed E-state index contributed by atoms with van der Waals surface area (Å²) in [5.41, 5.74) is 4.12. The number of nitrogens with zero attached hydrogens (tertiary/aromatic N) is 2. The van der Waals surface area contributed by atoms with E-state index in [0.717, 1.165) is 22.2 Å². The molecule has 23 heavy (non-hydrogen) atoms. The average Bonchev–Trinajstić information content (AvgIpc) is 2.95. The second-order valence-corrected chi connectivity index (χ2v) is 5.20. The molecule has 0 aliphatic carbocycles. The Morgan fingerprint density at radius 1 is 1.26 bits per heavy atom. The molecular weight excluding hydrogens is 290 g/mol. The summed E-state index contributed by atoms with van der Waals surface area (Å²) in [4.78, 5) is 18.4. The zero-order valence-corrected chi connectivity index (χ0v) is 12.4. The highest BCUT2D eigenvalue weighted by molar-refractivity contribution is 5.91. The predicted octanol–water partition coefficient (Wildman–Crippen LogP) is 3.63. The van der Waals surface area contributed by atoms with E-state index in [1.54, 1.807) is 18.2 Å². The lowest BCUT2D eigenvalue weighted by Crippen LogP contribution is -1.95. The molecule has 112 valence electrons. The van der Waals surface area contributed by atoms with Crippen LogP contribution in [0, 0.1) is 18.3 Å². The van der Waals surface area contributed by atoms with Crippen molar-refractivity contribution in [2.24, 2.45) is 0 Å². The molecule has 3 rings (SSSR count). The Hall–Kier alpha value is -3.39. The number of hydrogen-bond donors (Lipinski definition) is 2. The number of hydrogen-bond acceptors (Lipinski definition) is 3. The van der Waals surface area contributed by atoms with Crippen molar-refractivity contribution in [1.29, 1.82) is 5.26 Å². The van der Waals surface area contributed by atoms with Gasteiger partial charge in [0.25, 0.3) is 0 Å². The molecule has 2 aromatic carbocycles. The quantitative estimate of drug-likeness (QED) is 0.723. The van der Waals surface area contributed by atoms with E-state index in [-0.39, 0.29) is 5.56 Å². The molecule has 0 aliphatic rings. The molecule has 0 saturated heterocycles. The van der Waals surface area contributed by atoms with Gasteiger partial charge in [0.1, 0.15) is 11.9 Å². The van der Waals surface area contributed by atoms with Crippen LogP contribution >= 0.6 is 0 Å². The Kier molecular flexibility index (Phi) is 3.65. The molecule has 0 fully saturated rings. The Labute approximate surface area is 132 Å². The second kappa shape index (κ2) is 5.78. The van der Waals surface area contributed by atoms with Gasteiger partial charge in [-0.05, 0) is 48.4 Å². The van der Waals surface area contributed by atoms with E-state index >= 15 is 0 Å². The Balaban J connectivity index is 2.00. The second-order valence-electron chi connectivity index (χ2n) is 5.20. The monoisotopic (exact) mass is 303 g/mol. The molecule has 0 unspecified atom stereocenters. The Morgan fingerprint density at radius 3 is 2.65 bits per heavy atom. The number of carbonyl (C=O) groups is 1. The Bertz CT molecular complexity index is 960. The number of carboxylic acids is 1. The van der Waals surface area contributed by atoms with Crippen LogP contribution in [0.2, 0.25) is 0 Å². The maximum Gasteiger partial charge on any atom is 0.335 e. The number of aryl methyl sites for hydroxylation is 1. The zero-order chi connectivity index (χ0) is 16.4. The highest BCUT2D eigenvalue weighted by atomic mass is 16.4. The molecule has 0 radical (unpaired) electrons. The van der Waals surface area contributed by atoms with Crippen LogP contribution in [0.4, 0.5) is 0 Å². The molecule has 0 amide bonds. The van der Waals surface area contributed by atoms with E-state index in [2.05, 4.69) is 16.0 Å². The first kappa shape index (κ1) is 14.5. The topological polar surface area (TPSA) is 89.8 Å². The van der Waals surface area contributed by atoms with Gasteiger partial charge >= 0.3 is 5.97 Å². The van der Waals surface area contributed by atoms with E-state index in [1.807, 2.05) is 25.1 Å². The minimum absolute atomic E-state index is 0.208. The third kappa shape index (κ3) is 2.97. The Morgan fingerprint density at radius 2 is 2.00 bits per heavy atom. The van der Waals surface area contributed by atoms with Crippen molar-refractivity contribution in [3.63, 3.8) is 0 Å². The molecule has 0 aliphatic heterocycles. The summed E-state index contributed by atoms with van der Waals surface area (Å²) in [6, 6.07) is 14.3. The third-order valence-corrected chi connectivity index (χ3v) is 3.48. The van der Waals surface area contributed by atoms with Crippen LogP contribution in [0.1, 0.15) is 27.3 Å². The number of nitrogens with one attached hydrogen (secondary N) is 1. The number of aromatic amines is 1. The maximum atomic E-state index is 10.9. The summed E-state index contributed by atoms with van der Waals surface area (Å²) in [5.74, 6) is -0.482. The fraction of sp³-hybridized carbons (Fsp3) is 0.0556. The summed E-state index contributed by atoms with van der Waals surface area (Å²) < 4.78 is 0. The van der Waals surface area contributed by atoms with Crippen LogP contribution in [0.25, 0.3) is 22.7 Å². The number of aromatic nitrogens is 2. The van der Waals surface area contributed by atoms with Gasteiger partial charge in [-0.3, -0.25) is 0 Å². The number of allylic oxidation sites excluding steroid dienone is 1. The minimum atomic E-state index is -0.978. The largest absolute Gasteiger partial charge is 0.478 e. The zero-order valence-electron chi connectivity index (χ0n) is 12.4. The number of aromatic carboxylic acids is 1. The summed E-state index contributed by atoms with van der Waals surface area (Å²) in [6.07, 6.45) is 1.68. The van der Waals surface area contributed by atoms with Crippen LogP contribution in [0.5, 0.6) is 0 Å². The van der Waals surface area contributed by atoms with Crippen molar-refractivity contribution in [2.75, 3.05) is 0 Å². The van der Waals surface area contributed by atoms with Crippen LogP contribution in [0.15, 0.2) is 42.5 Å². The standard InChI is InChI=1S/C18H13N3O2/c1-11-2-7-15-16(8-11)21-17(20-15)14(10-19)9-12-3-5-13(6-4-12)18(22)23/h2-9H,1H3,(H,20,21)(H,22,23)/b14-9-. The number of fused-ring (bicyclic) bond motifs is 1. The van der Waals surface area contributed by atoms with Gasteiger partial charge in [0.15, 0.2) is 0 Å². The summed E-state index contributed by atoms with van der Waals surface area (Å²) in [7, 11) is 0. The number of imidazole rings is 1. The van der Waals surface area contributed by atoms with E-state index in [0.29, 0.717) is 11.4 Å². The molecule has 0 saturated carbocycles. The smallest absolute Gasteiger partial charge is 0.335 e. The van der Waals surface area contributed by atoms with Gasteiger partial charge in [-0.25, -0.2) is 9.78 Å². The number of carboxylic acid groups (broad SMARTS) is 1. The lowest BCUT2D eigenvalue weighted by molar-refractivity contribution is 0.0697. The molecule has 5 nitrogen and oxygen atoms in total. The van der Waals surface area contributed by atoms with Gasteiger partial charge in [-0.2, -0.15) is 5.26 Å². The average molecular weight is 303 g/mol. The molecule has 1 heterocycles. The number of rotatable bonds is 3. The van der Waals surface area contributed by atoms with Gasteiger partial charge in [0.2, 0.25) is 0 Å². The van der Waals surface area contributed by atoms with E-state index in [1.165, 1.54) is 12.1 Å². The molecule has 0 spiro atoms. The summed E-state index contributed by atoms with van der Waals surface area (Å²) in [5, 5.41) is 18.3. The number of nitriles is 1. The molecule has 0 bridgehead atoms. The molecule has 3 aromatic rings. The van der Waals surface area contributed by atoms with Crippen molar-refractivity contribution in [3.05, 3.63) is 65.0 Å². The van der Waals surface area contributed by atoms with Gasteiger partial charge in [0.05, 0.1) is 22.2 Å². The van der Waals surface area contributed by atoms with E-state index in [4.69, 9.17) is 5.11 Å². The summed E-state index contributed by atoms with van der Waals surface area (Å²) >= 11 is 0. The molecule has 0 atom stereocenters. The van der Waals surface area contributed by atoms with Crippen LogP contribution in [-0.4, -0.2) is 21.0 Å². The molecular formula is C18H13N3O2. The van der Waals surface area contributed by atoms with Crippen molar-refractivity contribution in [1.82, 2.24) is 9.97 Å². The highest BCUT2D eigenvalue weighted by Crippen LogP contribution is 2.20. The predicted molar refractivity (Wildman–Crippen MR) is 87.7 cm³/mol. The normalized spacial score (nSPS) is 11.4. The fourth-order valence-electron chi connectivity index (χ4n) is 2.29. The molecule has 5 heteroatoms. The minimum Gasteiger partial charge on any atom is -0.478 e. The van der Waals surface area contributed by atoms with Gasteiger partial charge in [0, 0.05) is 0 Å². The van der Waals surface area contributed by atoms with Crippen molar-refractivity contribution in [2.45, 2.75) is 6.92 Å². The first-order valence-corrected chi connectivity index (χ1v) is 6.99. The fourth-order valence-corrected chi connectivity index (χ4v) is 2.29. The van der Waals surface area contributed by atoms with Crippen LogP contribution in [-0.2, 0) is 0 Å². The maximum absolute atomic E-state index is 10.9. The summed E-state index contributed by atoms with van der Waals surface area (Å²) in [6.45, 7) is 1.99. The van der Waals surface area contributed by atoms with Crippen molar-refractivity contribution in [3.8, 4) is 6.07 Å². The molecule has 2 N–H and O–H groups in total. The van der Waals surface area contributed by atoms with E-state index < -0.39 is 5.97 Å². The van der Waals surface area contributed by atoms with Crippen LogP contribution < -0.4 is 0 Å². The first-order chi connectivity index (χ1) is 11.1. The van der Waals surface area contributed by atoms with E-state index in [9.17, 15) is 10.1 Å². The molecule has 1 aromatic heterocycles. The number of H-pyrrole nitrogens is 1. The highest BCUT2D eigenvalue weighted by Gasteiger charge is 2.08. The van der Waals surface area contributed by atoms with Gasteiger partial charge in [-0.15, -0.1) is 0 Å². The lowest BCUT2D eigenvalue weighted by atomic mass is 10.1.